The van der Waals surface area contributed by atoms with Crippen LogP contribution in [-0.2, 0) is 18.9 Å². The summed E-state index contributed by atoms with van der Waals surface area (Å²) >= 11 is 0. The number of benzene rings is 2. The molecule has 0 aliphatic heterocycles. The summed E-state index contributed by atoms with van der Waals surface area (Å²) in [5, 5.41) is 11.3. The van der Waals surface area contributed by atoms with E-state index in [9.17, 15) is 26.3 Å². The van der Waals surface area contributed by atoms with Gasteiger partial charge in [-0.05, 0) is 54.4 Å². The van der Waals surface area contributed by atoms with E-state index in [0.29, 0.717) is 30.1 Å². The fraction of sp³-hybridized carbons (Fsp3) is 0.391. The van der Waals surface area contributed by atoms with Crippen molar-refractivity contribution in [3.63, 3.8) is 0 Å². The van der Waals surface area contributed by atoms with Crippen LogP contribution in [0.25, 0.3) is 0 Å². The Morgan fingerprint density at radius 3 is 2.06 bits per heavy atom. The molecule has 0 unspecified atom stereocenters. The van der Waals surface area contributed by atoms with Crippen molar-refractivity contribution < 1.29 is 31.1 Å². The molecule has 0 spiro atoms. The molecule has 0 aliphatic carbocycles. The molecule has 2 rings (SSSR count). The van der Waals surface area contributed by atoms with Crippen molar-refractivity contribution in [2.24, 2.45) is 4.99 Å². The summed E-state index contributed by atoms with van der Waals surface area (Å²) in [6.07, 6.45) is -4.01. The Morgan fingerprint density at radius 2 is 1.55 bits per heavy atom. The molecule has 0 aliphatic rings. The second-order valence-corrected chi connectivity index (χ2v) is 7.25. The van der Waals surface area contributed by atoms with Crippen LogP contribution in [0.1, 0.15) is 54.9 Å². The summed E-state index contributed by atoms with van der Waals surface area (Å²) in [4.78, 5) is 4.03. The molecule has 10 heteroatoms. The van der Waals surface area contributed by atoms with Crippen molar-refractivity contribution in [2.75, 3.05) is 6.61 Å². The van der Waals surface area contributed by atoms with Crippen LogP contribution in [0, 0.1) is 11.5 Å². The highest BCUT2D eigenvalue weighted by molar-refractivity contribution is 5.99. The highest BCUT2D eigenvalue weighted by Gasteiger charge is 2.36. The van der Waals surface area contributed by atoms with Gasteiger partial charge in [0.1, 0.15) is 11.6 Å². The third kappa shape index (κ3) is 8.33. The molecule has 0 bridgehead atoms. The molecular weight excluding hydrogens is 448 g/mol. The van der Waals surface area contributed by atoms with Crippen LogP contribution < -0.4 is 10.1 Å². The Bertz CT molecular complexity index is 943. The van der Waals surface area contributed by atoms with E-state index in [1.165, 1.54) is 0 Å². The molecule has 4 nitrogen and oxygen atoms in total. The van der Waals surface area contributed by atoms with Gasteiger partial charge in [-0.1, -0.05) is 26.2 Å². The highest BCUT2D eigenvalue weighted by Crippen LogP contribution is 2.36. The second kappa shape index (κ2) is 11.6. The SMILES string of the molecule is CCCCCCOc1ccc(C(=NCc2cc(C(F)(F)F)cc(C(F)(F)F)c2)NC#N)cc1. The van der Waals surface area contributed by atoms with E-state index in [2.05, 4.69) is 17.2 Å². The molecule has 0 amide bonds. The van der Waals surface area contributed by atoms with Crippen molar-refractivity contribution in [1.29, 1.82) is 5.26 Å². The molecule has 2 aromatic rings. The zero-order chi connectivity index (χ0) is 24.5. The molecule has 178 valence electrons. The van der Waals surface area contributed by atoms with Crippen LogP contribution in [0.2, 0.25) is 0 Å². The number of hydrogen-bond donors (Lipinski definition) is 1. The predicted octanol–water partition coefficient (Wildman–Crippen LogP) is 6.70. The van der Waals surface area contributed by atoms with Crippen molar-refractivity contribution in [2.45, 2.75) is 51.5 Å². The number of nitrogens with one attached hydrogen (secondary N) is 1. The fourth-order valence-electron chi connectivity index (χ4n) is 2.96. The van der Waals surface area contributed by atoms with E-state index in [4.69, 9.17) is 10.00 Å². The standard InChI is InChI=1S/C23H23F6N3O/c1-2-3-4-5-10-33-20-8-6-17(7-9-20)21(32-15-30)31-14-16-11-18(22(24,25)26)13-19(12-16)23(27,28)29/h6-9,11-13H,2-5,10,14H2,1H3,(H,31,32). The van der Waals surface area contributed by atoms with E-state index in [0.717, 1.165) is 25.7 Å². The Balaban J connectivity index is 2.21. The summed E-state index contributed by atoms with van der Waals surface area (Å²) in [6.45, 7) is 2.16. The molecule has 0 atom stereocenters. The van der Waals surface area contributed by atoms with Gasteiger partial charge in [-0.25, -0.2) is 0 Å². The fourth-order valence-corrected chi connectivity index (χ4v) is 2.96. The normalized spacial score (nSPS) is 12.4. The van der Waals surface area contributed by atoms with Gasteiger partial charge in [0.25, 0.3) is 0 Å². The third-order valence-electron chi connectivity index (χ3n) is 4.64. The van der Waals surface area contributed by atoms with Crippen LogP contribution >= 0.6 is 0 Å². The molecular formula is C23H23F6N3O. The zero-order valence-electron chi connectivity index (χ0n) is 17.9. The lowest BCUT2D eigenvalue weighted by molar-refractivity contribution is -0.143. The minimum atomic E-state index is -4.94. The minimum Gasteiger partial charge on any atom is -0.494 e. The maximum atomic E-state index is 13.0. The maximum absolute atomic E-state index is 13.0. The quantitative estimate of drug-likeness (QED) is 0.111. The van der Waals surface area contributed by atoms with E-state index in [1.807, 2.05) is 0 Å². The van der Waals surface area contributed by atoms with Gasteiger partial charge in [-0.15, -0.1) is 0 Å². The molecule has 0 radical (unpaired) electrons. The van der Waals surface area contributed by atoms with Crippen LogP contribution in [0.15, 0.2) is 47.5 Å². The lowest BCUT2D eigenvalue weighted by Crippen LogP contribution is -2.19. The van der Waals surface area contributed by atoms with Gasteiger partial charge in [0.05, 0.1) is 24.3 Å². The average molecular weight is 471 g/mol. The number of ether oxygens (including phenoxy) is 1. The number of nitriles is 1. The number of nitrogens with zero attached hydrogens (tertiary/aromatic N) is 2. The Morgan fingerprint density at radius 1 is 0.939 bits per heavy atom. The lowest BCUT2D eigenvalue weighted by Gasteiger charge is -2.14. The van der Waals surface area contributed by atoms with Crippen molar-refractivity contribution in [3.05, 3.63) is 64.7 Å². The van der Waals surface area contributed by atoms with Gasteiger partial charge in [-0.3, -0.25) is 10.3 Å². The molecule has 1 N–H and O–H groups in total. The number of hydrogen-bond acceptors (Lipinski definition) is 3. The highest BCUT2D eigenvalue weighted by atomic mass is 19.4. The Kier molecular flexibility index (Phi) is 9.14. The summed E-state index contributed by atoms with van der Waals surface area (Å²) in [5.41, 5.74) is -2.70. The van der Waals surface area contributed by atoms with Crippen LogP contribution in [0.3, 0.4) is 0 Å². The van der Waals surface area contributed by atoms with E-state index >= 15 is 0 Å². The topological polar surface area (TPSA) is 57.4 Å². The monoisotopic (exact) mass is 471 g/mol. The van der Waals surface area contributed by atoms with Crippen LogP contribution in [0.5, 0.6) is 5.75 Å². The third-order valence-corrected chi connectivity index (χ3v) is 4.64. The van der Waals surface area contributed by atoms with Gasteiger partial charge < -0.3 is 4.74 Å². The van der Waals surface area contributed by atoms with Gasteiger partial charge in [0.2, 0.25) is 0 Å². The number of halogens is 6. The van der Waals surface area contributed by atoms with Gasteiger partial charge in [-0.2, -0.15) is 31.6 Å². The largest absolute Gasteiger partial charge is 0.494 e. The second-order valence-electron chi connectivity index (χ2n) is 7.25. The van der Waals surface area contributed by atoms with Gasteiger partial charge in [0.15, 0.2) is 6.19 Å². The van der Waals surface area contributed by atoms with Gasteiger partial charge >= 0.3 is 12.4 Å². The first kappa shape index (κ1) is 26.0. The van der Waals surface area contributed by atoms with Crippen molar-refractivity contribution >= 4 is 5.84 Å². The lowest BCUT2D eigenvalue weighted by atomic mass is 10.0. The minimum absolute atomic E-state index is 0.0120. The van der Waals surface area contributed by atoms with Gasteiger partial charge in [0, 0.05) is 5.56 Å². The first-order valence-electron chi connectivity index (χ1n) is 10.3. The Labute approximate surface area is 187 Å². The number of alkyl halides is 6. The molecule has 0 fully saturated rings. The average Bonchev–Trinajstić information content (AvgIpc) is 2.75. The van der Waals surface area contributed by atoms with Crippen molar-refractivity contribution in [3.8, 4) is 11.9 Å². The molecule has 2 aromatic carbocycles. The summed E-state index contributed by atoms with van der Waals surface area (Å²) < 4.78 is 83.9. The molecule has 0 aromatic heterocycles. The number of unbranched alkanes of at least 4 members (excludes halogenated alkanes) is 3. The molecule has 0 heterocycles. The van der Waals surface area contributed by atoms with Crippen molar-refractivity contribution in [1.82, 2.24) is 5.32 Å². The first-order valence-corrected chi connectivity index (χ1v) is 10.3. The number of aliphatic imine (C=N–C) groups is 1. The molecule has 33 heavy (non-hydrogen) atoms. The summed E-state index contributed by atoms with van der Waals surface area (Å²) in [5.74, 6) is 0.609. The zero-order valence-corrected chi connectivity index (χ0v) is 17.9. The molecule has 0 saturated carbocycles. The summed E-state index contributed by atoms with van der Waals surface area (Å²) in [6, 6.07) is 7.76. The predicted molar refractivity (Wildman–Crippen MR) is 112 cm³/mol. The summed E-state index contributed by atoms with van der Waals surface area (Å²) in [7, 11) is 0. The number of rotatable bonds is 9. The van der Waals surface area contributed by atoms with E-state index in [-0.39, 0.29) is 17.5 Å². The number of amidine groups is 1. The first-order chi connectivity index (χ1) is 15.5. The van der Waals surface area contributed by atoms with E-state index < -0.39 is 30.0 Å². The smallest absolute Gasteiger partial charge is 0.416 e. The van der Waals surface area contributed by atoms with Crippen LogP contribution in [-0.4, -0.2) is 12.4 Å². The molecule has 0 saturated heterocycles. The Hall–Kier alpha value is -3.22. The van der Waals surface area contributed by atoms with Crippen LogP contribution in [0.4, 0.5) is 26.3 Å². The van der Waals surface area contributed by atoms with E-state index in [1.54, 1.807) is 30.5 Å². The maximum Gasteiger partial charge on any atom is 0.416 e.